The van der Waals surface area contributed by atoms with E-state index in [0.29, 0.717) is 16.6 Å². The Hall–Kier alpha value is -1.59. The molecule has 1 heterocycles. The molecule has 0 amide bonds. The first-order chi connectivity index (χ1) is 9.58. The Morgan fingerprint density at radius 3 is 2.65 bits per heavy atom. The Labute approximate surface area is 128 Å². The van der Waals surface area contributed by atoms with Crippen LogP contribution in [0, 0.1) is 6.92 Å². The molecule has 0 aliphatic heterocycles. The summed E-state index contributed by atoms with van der Waals surface area (Å²) in [4.78, 5) is 0.391. The fourth-order valence-electron chi connectivity index (χ4n) is 1.77. The highest BCUT2D eigenvalue weighted by molar-refractivity contribution is 7.80. The van der Waals surface area contributed by atoms with Crippen LogP contribution in [0.1, 0.15) is 17.7 Å². The van der Waals surface area contributed by atoms with Gasteiger partial charge < -0.3 is 10.5 Å². The maximum atomic E-state index is 5.94. The molecule has 1 aromatic carbocycles. The molecule has 0 aliphatic carbocycles. The number of aromatic nitrogens is 2. The van der Waals surface area contributed by atoms with Gasteiger partial charge >= 0.3 is 0 Å². The number of nitrogens with two attached hydrogens (primary N) is 1. The zero-order valence-corrected chi connectivity index (χ0v) is 12.7. The van der Waals surface area contributed by atoms with Gasteiger partial charge in [-0.05, 0) is 31.2 Å². The zero-order valence-electron chi connectivity index (χ0n) is 11.2. The minimum absolute atomic E-state index is 0.391. The van der Waals surface area contributed by atoms with E-state index in [1.807, 2.05) is 35.9 Å². The molecule has 2 N–H and O–H groups in total. The molecule has 0 spiro atoms. The van der Waals surface area contributed by atoms with Crippen LogP contribution in [0.4, 0.5) is 0 Å². The second kappa shape index (κ2) is 6.72. The lowest BCUT2D eigenvalue weighted by molar-refractivity contribution is 0.298. The quantitative estimate of drug-likeness (QED) is 0.658. The molecule has 0 radical (unpaired) electrons. The van der Waals surface area contributed by atoms with E-state index in [4.69, 9.17) is 34.3 Å². The Kier molecular flexibility index (Phi) is 4.98. The van der Waals surface area contributed by atoms with E-state index in [-0.39, 0.29) is 0 Å². The van der Waals surface area contributed by atoms with Crippen LogP contribution in [0.25, 0.3) is 0 Å². The van der Waals surface area contributed by atoms with E-state index >= 15 is 0 Å². The molecule has 106 valence electrons. The van der Waals surface area contributed by atoms with E-state index in [0.717, 1.165) is 30.0 Å². The van der Waals surface area contributed by atoms with E-state index < -0.39 is 0 Å². The maximum absolute atomic E-state index is 5.94. The molecule has 0 saturated carbocycles. The monoisotopic (exact) mass is 309 g/mol. The Morgan fingerprint density at radius 2 is 2.10 bits per heavy atom. The van der Waals surface area contributed by atoms with Crippen molar-refractivity contribution in [1.82, 2.24) is 9.78 Å². The van der Waals surface area contributed by atoms with E-state index in [2.05, 4.69) is 5.10 Å². The number of nitrogens with zero attached hydrogens (tertiary/aromatic N) is 2. The topological polar surface area (TPSA) is 53.1 Å². The molecule has 0 bridgehead atoms. The molecule has 4 nitrogen and oxygen atoms in total. The molecule has 0 saturated heterocycles. The van der Waals surface area contributed by atoms with Crippen molar-refractivity contribution in [2.45, 2.75) is 19.9 Å². The number of ether oxygens (including phenoxy) is 1. The number of hydrogen-bond donors (Lipinski definition) is 1. The number of halogens is 1. The lowest BCUT2D eigenvalue weighted by Gasteiger charge is -2.08. The molecule has 2 rings (SSSR count). The highest BCUT2D eigenvalue weighted by Gasteiger charge is 2.03. The summed E-state index contributed by atoms with van der Waals surface area (Å²) in [5.74, 6) is 0.806. The zero-order chi connectivity index (χ0) is 14.5. The molecule has 0 unspecified atom stereocenters. The summed E-state index contributed by atoms with van der Waals surface area (Å²) in [5, 5.41) is 4.89. The predicted octanol–water partition coefficient (Wildman–Crippen LogP) is 2.95. The van der Waals surface area contributed by atoms with Crippen LogP contribution in [0.5, 0.6) is 5.75 Å². The second-order valence-corrected chi connectivity index (χ2v) is 5.24. The van der Waals surface area contributed by atoms with Gasteiger partial charge in [-0.3, -0.25) is 4.68 Å². The third-order valence-corrected chi connectivity index (χ3v) is 3.57. The second-order valence-electron chi connectivity index (χ2n) is 4.39. The van der Waals surface area contributed by atoms with Crippen molar-refractivity contribution in [2.24, 2.45) is 5.73 Å². The average molecular weight is 310 g/mol. The van der Waals surface area contributed by atoms with Gasteiger partial charge in [-0.2, -0.15) is 5.10 Å². The van der Waals surface area contributed by atoms with E-state index in [1.165, 1.54) is 0 Å². The van der Waals surface area contributed by atoms with Crippen LogP contribution in [-0.2, 0) is 6.54 Å². The van der Waals surface area contributed by atoms with Crippen LogP contribution < -0.4 is 10.5 Å². The van der Waals surface area contributed by atoms with Gasteiger partial charge in [-0.25, -0.2) is 0 Å². The first kappa shape index (κ1) is 14.8. The van der Waals surface area contributed by atoms with Crippen LogP contribution >= 0.6 is 23.8 Å². The fourth-order valence-corrected chi connectivity index (χ4v) is 2.05. The third kappa shape index (κ3) is 3.71. The van der Waals surface area contributed by atoms with Gasteiger partial charge in [0.1, 0.15) is 10.7 Å². The van der Waals surface area contributed by atoms with E-state index in [1.54, 1.807) is 6.20 Å². The molecular formula is C14H16ClN3OS. The van der Waals surface area contributed by atoms with Crippen molar-refractivity contribution in [2.75, 3.05) is 6.61 Å². The van der Waals surface area contributed by atoms with Gasteiger partial charge in [0.05, 0.1) is 23.5 Å². The number of hydrogen-bond acceptors (Lipinski definition) is 3. The molecule has 6 heteroatoms. The van der Waals surface area contributed by atoms with Gasteiger partial charge in [0.15, 0.2) is 0 Å². The molecule has 0 aliphatic rings. The van der Waals surface area contributed by atoms with Gasteiger partial charge in [-0.15, -0.1) is 0 Å². The summed E-state index contributed by atoms with van der Waals surface area (Å²) in [6.45, 7) is 3.34. The molecular weight excluding hydrogens is 294 g/mol. The van der Waals surface area contributed by atoms with Crippen molar-refractivity contribution in [1.29, 1.82) is 0 Å². The van der Waals surface area contributed by atoms with Crippen molar-refractivity contribution >= 4 is 28.8 Å². The lowest BCUT2D eigenvalue weighted by atomic mass is 10.2. The summed E-state index contributed by atoms with van der Waals surface area (Å²) in [7, 11) is 0. The molecule has 20 heavy (non-hydrogen) atoms. The Balaban J connectivity index is 1.78. The number of aryl methyl sites for hydroxylation is 1. The Bertz CT molecular complexity index is 595. The van der Waals surface area contributed by atoms with Gasteiger partial charge in [0.2, 0.25) is 0 Å². The summed E-state index contributed by atoms with van der Waals surface area (Å²) in [6, 6.07) is 7.44. The smallest absolute Gasteiger partial charge is 0.119 e. The van der Waals surface area contributed by atoms with Gasteiger partial charge in [0.25, 0.3) is 0 Å². The summed E-state index contributed by atoms with van der Waals surface area (Å²) >= 11 is 10.8. The van der Waals surface area contributed by atoms with Crippen molar-refractivity contribution < 1.29 is 4.74 Å². The van der Waals surface area contributed by atoms with Crippen LogP contribution in [0.2, 0.25) is 5.02 Å². The van der Waals surface area contributed by atoms with Gasteiger partial charge in [-0.1, -0.05) is 23.8 Å². The predicted molar refractivity (Wildman–Crippen MR) is 84.4 cm³/mol. The summed E-state index contributed by atoms with van der Waals surface area (Å²) < 4.78 is 7.53. The van der Waals surface area contributed by atoms with Crippen molar-refractivity contribution in [3.63, 3.8) is 0 Å². The highest BCUT2D eigenvalue weighted by Crippen LogP contribution is 2.14. The van der Waals surface area contributed by atoms with Crippen LogP contribution in [0.15, 0.2) is 30.5 Å². The maximum Gasteiger partial charge on any atom is 0.119 e. The largest absolute Gasteiger partial charge is 0.494 e. The summed E-state index contributed by atoms with van der Waals surface area (Å²) in [5.41, 5.74) is 7.36. The summed E-state index contributed by atoms with van der Waals surface area (Å²) in [6.07, 6.45) is 2.52. The number of thiocarbonyl (C=S) groups is 1. The number of benzene rings is 1. The first-order valence-corrected chi connectivity index (χ1v) is 7.07. The standard InChI is InChI=1S/C14H16ClN3OS/c1-10-13(15)9-17-18(10)7-2-8-19-12-5-3-11(4-6-12)14(16)20/h3-6,9H,2,7-8H2,1H3,(H2,16,20). The van der Waals surface area contributed by atoms with Crippen molar-refractivity contribution in [3.8, 4) is 5.75 Å². The highest BCUT2D eigenvalue weighted by atomic mass is 35.5. The first-order valence-electron chi connectivity index (χ1n) is 6.28. The SMILES string of the molecule is Cc1c(Cl)cnn1CCCOc1ccc(C(N)=S)cc1. The molecule has 2 aromatic rings. The minimum atomic E-state index is 0.391. The fraction of sp³-hybridized carbons (Fsp3) is 0.286. The van der Waals surface area contributed by atoms with Crippen LogP contribution in [0.3, 0.4) is 0 Å². The average Bonchev–Trinajstić information content (AvgIpc) is 2.76. The number of rotatable bonds is 6. The molecule has 0 fully saturated rings. The molecule has 1 aromatic heterocycles. The van der Waals surface area contributed by atoms with E-state index in [9.17, 15) is 0 Å². The molecule has 0 atom stereocenters. The third-order valence-electron chi connectivity index (χ3n) is 2.97. The normalized spacial score (nSPS) is 10.5. The Morgan fingerprint density at radius 1 is 1.40 bits per heavy atom. The lowest BCUT2D eigenvalue weighted by Crippen LogP contribution is -2.09. The minimum Gasteiger partial charge on any atom is -0.494 e. The van der Waals surface area contributed by atoms with Crippen LogP contribution in [-0.4, -0.2) is 21.4 Å². The van der Waals surface area contributed by atoms with Gasteiger partial charge in [0, 0.05) is 18.5 Å². The van der Waals surface area contributed by atoms with Crippen molar-refractivity contribution in [3.05, 3.63) is 46.7 Å².